The number of hydrogen-bond acceptors (Lipinski definition) is 9. The number of para-hydroxylation sites is 2. The largest absolute Gasteiger partial charge is 0.504 e. The second-order valence-electron chi connectivity index (χ2n) is 7.74. The van der Waals surface area contributed by atoms with Crippen molar-refractivity contribution in [3.8, 4) is 11.5 Å². The van der Waals surface area contributed by atoms with Crippen molar-refractivity contribution in [1.82, 2.24) is 9.88 Å². The lowest BCUT2D eigenvalue weighted by atomic mass is 10.1. The number of aromatic nitrogens is 1. The van der Waals surface area contributed by atoms with Gasteiger partial charge in [0.15, 0.2) is 22.9 Å². The molecule has 0 amide bonds. The Kier molecular flexibility index (Phi) is 6.93. The van der Waals surface area contributed by atoms with Crippen molar-refractivity contribution in [3.05, 3.63) is 59.5 Å². The summed E-state index contributed by atoms with van der Waals surface area (Å²) in [5.41, 5.74) is 1.97. The van der Waals surface area contributed by atoms with Gasteiger partial charge in [0.1, 0.15) is 12.4 Å². The quantitative estimate of drug-likeness (QED) is 0.448. The molecule has 34 heavy (non-hydrogen) atoms. The Morgan fingerprint density at radius 3 is 2.85 bits per heavy atom. The van der Waals surface area contributed by atoms with Crippen molar-refractivity contribution in [2.45, 2.75) is 6.92 Å². The number of nitrogens with zero attached hydrogens (tertiary/aromatic N) is 3. The minimum absolute atomic E-state index is 0.0489. The Morgan fingerprint density at radius 1 is 1.24 bits per heavy atom. The number of rotatable bonds is 9. The van der Waals surface area contributed by atoms with Crippen LogP contribution in [0.15, 0.2) is 52.0 Å². The zero-order chi connectivity index (χ0) is 24.1. The molecule has 0 radical (unpaired) electrons. The molecule has 2 N–H and O–H groups in total. The molecule has 1 aliphatic rings. The number of ether oxygens (including phenoxy) is 2. The molecule has 0 aliphatic carbocycles. The first kappa shape index (κ1) is 23.1. The van der Waals surface area contributed by atoms with Crippen LogP contribution in [0.1, 0.15) is 28.6 Å². The van der Waals surface area contributed by atoms with Crippen LogP contribution in [0, 0.1) is 0 Å². The molecule has 0 atom stereocenters. The van der Waals surface area contributed by atoms with Gasteiger partial charge in [-0.25, -0.2) is 14.8 Å². The van der Waals surface area contributed by atoms with Gasteiger partial charge in [-0.1, -0.05) is 12.1 Å². The molecule has 9 nitrogen and oxygen atoms in total. The molecule has 1 aliphatic heterocycles. The second kappa shape index (κ2) is 10.2. The van der Waals surface area contributed by atoms with Crippen LogP contribution in [0.4, 0.5) is 17.4 Å². The van der Waals surface area contributed by atoms with Crippen LogP contribution >= 0.6 is 0 Å². The van der Waals surface area contributed by atoms with E-state index in [2.05, 4.69) is 15.3 Å². The van der Waals surface area contributed by atoms with Crippen molar-refractivity contribution in [1.29, 1.82) is 0 Å². The molecule has 0 saturated carbocycles. The molecular formula is C25H26N4O5. The summed E-state index contributed by atoms with van der Waals surface area (Å²) in [5.74, 6) is 0.266. The maximum Gasteiger partial charge on any atom is 0.347 e. The van der Waals surface area contributed by atoms with Gasteiger partial charge in [-0.05, 0) is 51.4 Å². The summed E-state index contributed by atoms with van der Waals surface area (Å²) in [5, 5.41) is 14.0. The molecule has 0 unspecified atom stereocenters. The van der Waals surface area contributed by atoms with Gasteiger partial charge in [0.05, 0.1) is 12.3 Å². The number of carbonyl (C=O) groups excluding carboxylic acids is 1. The van der Waals surface area contributed by atoms with Gasteiger partial charge < -0.3 is 29.2 Å². The molecule has 0 spiro atoms. The minimum Gasteiger partial charge on any atom is -0.504 e. The van der Waals surface area contributed by atoms with Crippen molar-refractivity contribution in [3.63, 3.8) is 0 Å². The molecule has 3 heterocycles. The van der Waals surface area contributed by atoms with Crippen LogP contribution in [-0.4, -0.2) is 61.0 Å². The molecule has 9 heteroatoms. The molecule has 2 aromatic heterocycles. The number of esters is 1. The number of furan rings is 1. The molecule has 0 bridgehead atoms. The zero-order valence-corrected chi connectivity index (χ0v) is 19.2. The first-order valence-electron chi connectivity index (χ1n) is 10.9. The van der Waals surface area contributed by atoms with Gasteiger partial charge in [-0.15, -0.1) is 0 Å². The second-order valence-corrected chi connectivity index (χ2v) is 7.74. The predicted octanol–water partition coefficient (Wildman–Crippen LogP) is 4.50. The number of pyridine rings is 1. The Bertz CT molecular complexity index is 1250. The van der Waals surface area contributed by atoms with E-state index in [9.17, 15) is 9.90 Å². The number of likely N-dealkylation sites (N-methyl/N-ethyl adjacent to an activating group) is 1. The molecular weight excluding hydrogens is 436 g/mol. The van der Waals surface area contributed by atoms with Crippen LogP contribution in [0.5, 0.6) is 11.5 Å². The van der Waals surface area contributed by atoms with E-state index < -0.39 is 5.97 Å². The topological polar surface area (TPSA) is 109 Å². The van der Waals surface area contributed by atoms with Gasteiger partial charge in [0.25, 0.3) is 0 Å². The Morgan fingerprint density at radius 2 is 2.06 bits per heavy atom. The van der Waals surface area contributed by atoms with E-state index in [1.807, 2.05) is 43.3 Å². The van der Waals surface area contributed by atoms with Crippen LogP contribution < -0.4 is 10.1 Å². The smallest absolute Gasteiger partial charge is 0.347 e. The highest BCUT2D eigenvalue weighted by atomic mass is 16.5. The molecule has 4 rings (SSSR count). The average molecular weight is 463 g/mol. The van der Waals surface area contributed by atoms with Crippen molar-refractivity contribution < 1.29 is 23.8 Å². The SMILES string of the molecule is CCOC(=O)c1c(Nc2ccccc2OCCN(C)C)oc(C=C2C=Nc3ncccc32)c1O. The van der Waals surface area contributed by atoms with Gasteiger partial charge in [0.2, 0.25) is 5.88 Å². The van der Waals surface area contributed by atoms with E-state index in [1.165, 1.54) is 0 Å². The van der Waals surface area contributed by atoms with E-state index in [-0.39, 0.29) is 29.6 Å². The zero-order valence-electron chi connectivity index (χ0n) is 19.2. The summed E-state index contributed by atoms with van der Waals surface area (Å²) in [4.78, 5) is 23.2. The number of hydrogen-bond donors (Lipinski definition) is 2. The summed E-state index contributed by atoms with van der Waals surface area (Å²) in [6.07, 6.45) is 4.90. The van der Waals surface area contributed by atoms with Crippen molar-refractivity contribution in [2.75, 3.05) is 39.2 Å². The number of aliphatic imine (C=N–C) groups is 1. The van der Waals surface area contributed by atoms with E-state index in [1.54, 1.807) is 37.5 Å². The summed E-state index contributed by atoms with van der Waals surface area (Å²) in [7, 11) is 3.93. The monoisotopic (exact) mass is 462 g/mol. The van der Waals surface area contributed by atoms with Crippen LogP contribution in [0.2, 0.25) is 0 Å². The van der Waals surface area contributed by atoms with E-state index >= 15 is 0 Å². The normalized spacial score (nSPS) is 13.4. The van der Waals surface area contributed by atoms with E-state index in [0.29, 0.717) is 29.4 Å². The van der Waals surface area contributed by atoms with Gasteiger partial charge >= 0.3 is 5.97 Å². The van der Waals surface area contributed by atoms with Gasteiger partial charge in [-0.3, -0.25) is 0 Å². The summed E-state index contributed by atoms with van der Waals surface area (Å²) in [6, 6.07) is 11.0. The fourth-order valence-corrected chi connectivity index (χ4v) is 3.36. The summed E-state index contributed by atoms with van der Waals surface area (Å²) >= 11 is 0. The number of benzene rings is 1. The van der Waals surface area contributed by atoms with Crippen molar-refractivity contribution >= 4 is 41.2 Å². The standard InChI is InChI=1S/C25H26N4O5/c1-4-32-25(31)21-22(30)20(14-16-15-27-23-17(16)8-7-11-26-23)34-24(21)28-18-9-5-6-10-19(18)33-13-12-29(2)3/h5-11,14-15,28,30H,4,12-13H2,1-3H3. The average Bonchev–Trinajstić information content (AvgIpc) is 3.36. The Balaban J connectivity index is 1.69. The van der Waals surface area contributed by atoms with E-state index in [4.69, 9.17) is 13.9 Å². The van der Waals surface area contributed by atoms with Gasteiger partial charge in [0, 0.05) is 30.1 Å². The fraction of sp³-hybridized carbons (Fsp3) is 0.240. The third-order valence-electron chi connectivity index (χ3n) is 5.03. The maximum atomic E-state index is 12.7. The first-order chi connectivity index (χ1) is 16.5. The summed E-state index contributed by atoms with van der Waals surface area (Å²) < 4.78 is 17.0. The van der Waals surface area contributed by atoms with Crippen molar-refractivity contribution in [2.24, 2.45) is 4.99 Å². The molecule has 176 valence electrons. The highest BCUT2D eigenvalue weighted by Gasteiger charge is 2.28. The highest BCUT2D eigenvalue weighted by molar-refractivity contribution is 6.21. The first-order valence-corrected chi connectivity index (χ1v) is 10.9. The number of allylic oxidation sites excluding steroid dienone is 1. The lowest BCUT2D eigenvalue weighted by Gasteiger charge is -2.14. The number of anilines is 2. The van der Waals surface area contributed by atoms with Gasteiger partial charge in [-0.2, -0.15) is 0 Å². The molecule has 0 saturated heterocycles. The number of carbonyl (C=O) groups is 1. The lowest BCUT2D eigenvalue weighted by molar-refractivity contribution is 0.0524. The number of aromatic hydroxyl groups is 1. The highest BCUT2D eigenvalue weighted by Crippen LogP contribution is 2.40. The molecule has 1 aromatic carbocycles. The lowest BCUT2D eigenvalue weighted by Crippen LogP contribution is -2.19. The maximum absolute atomic E-state index is 12.7. The number of fused-ring (bicyclic) bond motifs is 1. The van der Waals surface area contributed by atoms with Crippen LogP contribution in [0.25, 0.3) is 11.6 Å². The molecule has 3 aromatic rings. The minimum atomic E-state index is -0.705. The Hall–Kier alpha value is -4.11. The third-order valence-corrected chi connectivity index (χ3v) is 5.03. The summed E-state index contributed by atoms with van der Waals surface area (Å²) in [6.45, 7) is 3.05. The predicted molar refractivity (Wildman–Crippen MR) is 130 cm³/mol. The van der Waals surface area contributed by atoms with Crippen LogP contribution in [0.3, 0.4) is 0 Å². The number of nitrogens with one attached hydrogen (secondary N) is 1. The molecule has 0 fully saturated rings. The third kappa shape index (κ3) is 4.94. The van der Waals surface area contributed by atoms with Crippen LogP contribution in [-0.2, 0) is 4.74 Å². The van der Waals surface area contributed by atoms with E-state index in [0.717, 1.165) is 12.1 Å². The Labute approximate surface area is 197 Å². The fourth-order valence-electron chi connectivity index (χ4n) is 3.36.